The van der Waals surface area contributed by atoms with Gasteiger partial charge in [-0.05, 0) is 60.9 Å². The van der Waals surface area contributed by atoms with Crippen LogP contribution in [0.3, 0.4) is 0 Å². The molecule has 3 aliphatic rings. The lowest BCUT2D eigenvalue weighted by Crippen LogP contribution is -2.30. The zero-order valence-electron chi connectivity index (χ0n) is 18.9. The molecule has 3 aliphatic carbocycles. The summed E-state index contributed by atoms with van der Waals surface area (Å²) in [6.07, 6.45) is 22.6. The molecule has 0 N–H and O–H groups in total. The monoisotopic (exact) mass is 427 g/mol. The Kier molecular flexibility index (Phi) is 7.35. The molecule has 1 aromatic carbocycles. The van der Waals surface area contributed by atoms with E-state index in [4.69, 9.17) is 0 Å². The molecule has 0 aliphatic heterocycles. The molecular weight excluding hydrogens is 386 g/mol. The summed E-state index contributed by atoms with van der Waals surface area (Å²) in [7, 11) is -1.15. The average molecular weight is 428 g/mol. The Morgan fingerprint density at radius 1 is 0.828 bits per heavy atom. The quantitative estimate of drug-likeness (QED) is 0.401. The van der Waals surface area contributed by atoms with Crippen LogP contribution in [0.4, 0.5) is 0 Å². The summed E-state index contributed by atoms with van der Waals surface area (Å²) in [5.41, 5.74) is 2.94. The summed E-state index contributed by atoms with van der Waals surface area (Å²) >= 11 is 0. The van der Waals surface area contributed by atoms with E-state index in [2.05, 4.69) is 68.8 Å². The fraction of sp³-hybridized carbons (Fsp3) is 0.630. The maximum Gasteiger partial charge on any atom is 0.0982 e. The van der Waals surface area contributed by atoms with Gasteiger partial charge in [0.15, 0.2) is 0 Å². The summed E-state index contributed by atoms with van der Waals surface area (Å²) in [4.78, 5) is 0. The van der Waals surface area contributed by atoms with E-state index in [-0.39, 0.29) is 7.92 Å². The van der Waals surface area contributed by atoms with Gasteiger partial charge in [0, 0.05) is 5.92 Å². The molecule has 0 aromatic heterocycles. The minimum atomic E-state index is -1.26. The van der Waals surface area contributed by atoms with E-state index in [1.54, 1.807) is 10.6 Å². The van der Waals surface area contributed by atoms with Crippen LogP contribution in [0.15, 0.2) is 53.9 Å². The molecule has 2 atom stereocenters. The molecular formula is C27H41P2+. The van der Waals surface area contributed by atoms with Crippen molar-refractivity contribution in [3.63, 3.8) is 0 Å². The van der Waals surface area contributed by atoms with Crippen molar-refractivity contribution in [2.24, 2.45) is 5.92 Å². The van der Waals surface area contributed by atoms with Crippen molar-refractivity contribution in [3.8, 4) is 0 Å². The Morgan fingerprint density at radius 3 is 1.93 bits per heavy atom. The Morgan fingerprint density at radius 2 is 1.38 bits per heavy atom. The van der Waals surface area contributed by atoms with Gasteiger partial charge in [-0.25, -0.2) is 0 Å². The normalized spacial score (nSPS) is 25.4. The van der Waals surface area contributed by atoms with Crippen LogP contribution in [-0.2, 0) is 0 Å². The summed E-state index contributed by atoms with van der Waals surface area (Å²) < 4.78 is 0. The highest BCUT2D eigenvalue weighted by Gasteiger charge is 2.45. The first-order chi connectivity index (χ1) is 14.1. The molecule has 1 aromatic rings. The van der Waals surface area contributed by atoms with Crippen molar-refractivity contribution in [2.45, 2.75) is 88.1 Å². The molecule has 0 radical (unpaired) electrons. The number of rotatable bonds is 6. The third kappa shape index (κ3) is 4.75. The van der Waals surface area contributed by atoms with Crippen molar-refractivity contribution in [1.29, 1.82) is 0 Å². The number of allylic oxidation sites excluding steroid dienone is 4. The first kappa shape index (κ1) is 21.8. The van der Waals surface area contributed by atoms with Crippen LogP contribution in [0.5, 0.6) is 0 Å². The van der Waals surface area contributed by atoms with Gasteiger partial charge in [0.25, 0.3) is 0 Å². The fourth-order valence-corrected chi connectivity index (χ4v) is 13.6. The van der Waals surface area contributed by atoms with Gasteiger partial charge in [-0.1, -0.05) is 83.7 Å². The predicted octanol–water partition coefficient (Wildman–Crippen LogP) is 8.19. The lowest BCUT2D eigenvalue weighted by molar-refractivity contribution is 0.479. The van der Waals surface area contributed by atoms with Gasteiger partial charge in [-0.3, -0.25) is 0 Å². The van der Waals surface area contributed by atoms with Gasteiger partial charge in [0.2, 0.25) is 0 Å². The Labute approximate surface area is 181 Å². The number of benzene rings is 1. The first-order valence-corrected chi connectivity index (χ1v) is 16.4. The van der Waals surface area contributed by atoms with Crippen molar-refractivity contribution in [3.05, 3.63) is 53.9 Å². The second kappa shape index (κ2) is 9.79. The van der Waals surface area contributed by atoms with Crippen LogP contribution < -0.4 is 5.30 Å². The highest BCUT2D eigenvalue weighted by Crippen LogP contribution is 2.67. The van der Waals surface area contributed by atoms with Gasteiger partial charge in [-0.2, -0.15) is 0 Å². The van der Waals surface area contributed by atoms with Crippen molar-refractivity contribution in [1.82, 2.24) is 0 Å². The summed E-state index contributed by atoms with van der Waals surface area (Å²) in [6, 6.07) is 11.4. The lowest BCUT2D eigenvalue weighted by atomic mass is 9.99. The van der Waals surface area contributed by atoms with E-state index in [1.807, 2.05) is 0 Å². The van der Waals surface area contributed by atoms with Gasteiger partial charge >= 0.3 is 0 Å². The van der Waals surface area contributed by atoms with Crippen molar-refractivity contribution >= 4 is 20.5 Å². The van der Waals surface area contributed by atoms with Gasteiger partial charge in [-0.15, -0.1) is 0 Å². The lowest BCUT2D eigenvalue weighted by Gasteiger charge is -2.44. The standard InChI is InChI=1S/C27H41P2/c1-22(28(23-14-7-4-8-15-23)24-16-9-5-10-17-24)26-20-13-21-27(26)29(2,3)25-18-11-6-12-19-25/h6,11-13,18-24,26H,4-5,7-10,14-17H2,1-3H3/q+1/t22-,26+/m1/s1. The third-order valence-corrected chi connectivity index (χ3v) is 15.3. The maximum absolute atomic E-state index is 2.66. The smallest absolute Gasteiger partial charge is 0.0964 e. The van der Waals surface area contributed by atoms with E-state index < -0.39 is 7.26 Å². The van der Waals surface area contributed by atoms with E-state index in [0.29, 0.717) is 5.92 Å². The predicted molar refractivity (Wildman–Crippen MR) is 136 cm³/mol. The molecule has 4 rings (SSSR count). The Balaban J connectivity index is 1.60. The highest BCUT2D eigenvalue weighted by atomic mass is 31.2. The van der Waals surface area contributed by atoms with E-state index in [9.17, 15) is 0 Å². The molecule has 29 heavy (non-hydrogen) atoms. The molecule has 0 amide bonds. The minimum Gasteiger partial charge on any atom is -0.0964 e. The second-order valence-corrected chi connectivity index (χ2v) is 17.2. The van der Waals surface area contributed by atoms with Crippen LogP contribution in [0, 0.1) is 5.92 Å². The van der Waals surface area contributed by atoms with Crippen LogP contribution in [0.25, 0.3) is 0 Å². The molecule has 2 fully saturated rings. The fourth-order valence-electron chi connectivity index (χ4n) is 6.31. The van der Waals surface area contributed by atoms with Crippen molar-refractivity contribution < 1.29 is 0 Å². The molecule has 0 nitrogen and oxygen atoms in total. The SMILES string of the molecule is C[C@H]([C@@H]1C=CC=C1[P+](C)(C)c1ccccc1)P(C1CCCCC1)C1CCCCC1. The summed E-state index contributed by atoms with van der Waals surface area (Å²) in [5, 5.41) is 3.35. The van der Waals surface area contributed by atoms with Crippen LogP contribution in [0.2, 0.25) is 0 Å². The highest BCUT2D eigenvalue weighted by molar-refractivity contribution is 7.85. The first-order valence-electron chi connectivity index (χ1n) is 12.1. The Bertz CT molecular complexity index is 687. The van der Waals surface area contributed by atoms with Crippen LogP contribution >= 0.6 is 15.2 Å². The van der Waals surface area contributed by atoms with E-state index in [1.165, 1.54) is 64.2 Å². The second-order valence-electron chi connectivity index (χ2n) is 10.1. The topological polar surface area (TPSA) is 0 Å². The molecule has 2 heteroatoms. The van der Waals surface area contributed by atoms with Gasteiger partial charge in [0.1, 0.15) is 0 Å². The zero-order valence-corrected chi connectivity index (χ0v) is 20.7. The van der Waals surface area contributed by atoms with Crippen LogP contribution in [-0.4, -0.2) is 30.3 Å². The minimum absolute atomic E-state index is 0.114. The van der Waals surface area contributed by atoms with E-state index >= 15 is 0 Å². The van der Waals surface area contributed by atoms with Crippen molar-refractivity contribution in [2.75, 3.05) is 13.3 Å². The molecule has 0 bridgehead atoms. The number of hydrogen-bond acceptors (Lipinski definition) is 0. The zero-order chi connectivity index (χ0) is 20.3. The van der Waals surface area contributed by atoms with Gasteiger partial charge in [0.05, 0.1) is 31.2 Å². The number of hydrogen-bond donors (Lipinski definition) is 0. The summed E-state index contributed by atoms with van der Waals surface area (Å²) in [5.74, 6) is 0.688. The third-order valence-electron chi connectivity index (χ3n) is 7.96. The molecule has 0 spiro atoms. The van der Waals surface area contributed by atoms with Crippen LogP contribution in [0.1, 0.15) is 71.1 Å². The Hall–Kier alpha value is -0.440. The summed E-state index contributed by atoms with van der Waals surface area (Å²) in [6.45, 7) is 7.78. The molecule has 0 heterocycles. The molecule has 2 saturated carbocycles. The molecule has 158 valence electrons. The van der Waals surface area contributed by atoms with E-state index in [0.717, 1.165) is 17.0 Å². The molecule has 0 saturated heterocycles. The average Bonchev–Trinajstić information content (AvgIpc) is 3.27. The maximum atomic E-state index is 2.66. The molecule has 0 unspecified atom stereocenters. The largest absolute Gasteiger partial charge is 0.0982 e. The van der Waals surface area contributed by atoms with Gasteiger partial charge < -0.3 is 0 Å².